The monoisotopic (exact) mass is 348 g/mol. The molecular weight excluding hydrogens is 332 g/mol. The van der Waals surface area contributed by atoms with Crippen molar-refractivity contribution in [2.24, 2.45) is 0 Å². The lowest BCUT2D eigenvalue weighted by Crippen LogP contribution is -2.35. The van der Waals surface area contributed by atoms with E-state index in [4.69, 9.17) is 5.26 Å². The van der Waals surface area contributed by atoms with Crippen LogP contribution in [0.4, 0.5) is 10.5 Å². The van der Waals surface area contributed by atoms with Crippen LogP contribution in [0.2, 0.25) is 0 Å². The third-order valence-electron chi connectivity index (χ3n) is 3.99. The summed E-state index contributed by atoms with van der Waals surface area (Å²) >= 11 is 0. The number of hydrogen-bond acceptors (Lipinski definition) is 4. The molecule has 1 heterocycles. The summed E-state index contributed by atoms with van der Waals surface area (Å²) in [6.07, 6.45) is 0.451. The number of fused-ring (bicyclic) bond motifs is 1. The van der Waals surface area contributed by atoms with Crippen LogP contribution in [0, 0.1) is 11.3 Å². The summed E-state index contributed by atoms with van der Waals surface area (Å²) in [7, 11) is 0. The van der Waals surface area contributed by atoms with Gasteiger partial charge in [0.05, 0.1) is 22.8 Å². The first-order valence-electron chi connectivity index (χ1n) is 8.10. The molecule has 0 spiro atoms. The Kier molecular flexibility index (Phi) is 4.94. The maximum Gasteiger partial charge on any atom is 0.319 e. The van der Waals surface area contributed by atoms with Gasteiger partial charge in [-0.25, -0.2) is 4.79 Å². The second-order valence-electron chi connectivity index (χ2n) is 5.73. The van der Waals surface area contributed by atoms with Gasteiger partial charge < -0.3 is 10.6 Å². The molecule has 2 aromatic carbocycles. The van der Waals surface area contributed by atoms with Crippen LogP contribution in [-0.2, 0) is 0 Å². The van der Waals surface area contributed by atoms with Crippen molar-refractivity contribution in [3.05, 3.63) is 65.2 Å². The minimum atomic E-state index is -0.392. The largest absolute Gasteiger partial charge is 0.338 e. The Morgan fingerprint density at radius 1 is 1.00 bits per heavy atom. The Labute approximate surface area is 150 Å². The minimum Gasteiger partial charge on any atom is -0.338 e. The van der Waals surface area contributed by atoms with Crippen LogP contribution in [0.1, 0.15) is 32.7 Å². The van der Waals surface area contributed by atoms with Crippen LogP contribution in [0.25, 0.3) is 0 Å². The topological polar surface area (TPSA) is 102 Å². The molecule has 0 radical (unpaired) electrons. The standard InChI is InChI=1S/C19H16N4O3/c20-12-13-6-8-14(9-7-13)22-19(26)21-10-3-11-23-17(24)15-4-1-2-5-16(15)18(23)25/h1-2,4-9H,3,10-11H2,(H2,21,22,26). The van der Waals surface area contributed by atoms with Gasteiger partial charge in [0.15, 0.2) is 0 Å². The Morgan fingerprint density at radius 3 is 2.19 bits per heavy atom. The number of nitriles is 1. The van der Waals surface area contributed by atoms with Crippen molar-refractivity contribution in [3.63, 3.8) is 0 Å². The quantitative estimate of drug-likeness (QED) is 0.639. The average molecular weight is 348 g/mol. The van der Waals surface area contributed by atoms with Crippen LogP contribution in [-0.4, -0.2) is 35.8 Å². The molecule has 1 aliphatic heterocycles. The van der Waals surface area contributed by atoms with E-state index in [9.17, 15) is 14.4 Å². The van der Waals surface area contributed by atoms with Crippen molar-refractivity contribution in [1.82, 2.24) is 10.2 Å². The molecular formula is C19H16N4O3. The zero-order chi connectivity index (χ0) is 18.5. The second kappa shape index (κ2) is 7.49. The van der Waals surface area contributed by atoms with E-state index in [1.165, 1.54) is 4.90 Å². The first-order chi connectivity index (χ1) is 12.6. The molecule has 0 aliphatic carbocycles. The zero-order valence-corrected chi connectivity index (χ0v) is 13.9. The lowest BCUT2D eigenvalue weighted by atomic mass is 10.1. The zero-order valence-electron chi connectivity index (χ0n) is 13.9. The third-order valence-corrected chi connectivity index (χ3v) is 3.99. The van der Waals surface area contributed by atoms with Crippen LogP contribution < -0.4 is 10.6 Å². The van der Waals surface area contributed by atoms with Crippen molar-refractivity contribution in [1.29, 1.82) is 5.26 Å². The van der Waals surface area contributed by atoms with Crippen LogP contribution in [0.3, 0.4) is 0 Å². The summed E-state index contributed by atoms with van der Waals surface area (Å²) < 4.78 is 0. The number of amides is 4. The highest BCUT2D eigenvalue weighted by Crippen LogP contribution is 2.22. The third kappa shape index (κ3) is 3.54. The number of anilines is 1. The molecule has 2 N–H and O–H groups in total. The molecule has 130 valence electrons. The average Bonchev–Trinajstić information content (AvgIpc) is 2.91. The number of benzene rings is 2. The van der Waals surface area contributed by atoms with E-state index in [0.717, 1.165) is 0 Å². The van der Waals surface area contributed by atoms with E-state index < -0.39 is 6.03 Å². The molecule has 0 fully saturated rings. The van der Waals surface area contributed by atoms with Crippen molar-refractivity contribution in [3.8, 4) is 6.07 Å². The molecule has 2 aromatic rings. The Bertz CT molecular complexity index is 865. The van der Waals surface area contributed by atoms with Gasteiger partial charge in [0.2, 0.25) is 0 Å². The van der Waals surface area contributed by atoms with Gasteiger partial charge >= 0.3 is 6.03 Å². The number of nitrogens with one attached hydrogen (secondary N) is 2. The molecule has 0 atom stereocenters. The number of rotatable bonds is 5. The highest BCUT2D eigenvalue weighted by molar-refractivity contribution is 6.21. The minimum absolute atomic E-state index is 0.240. The maximum absolute atomic E-state index is 12.2. The van der Waals surface area contributed by atoms with E-state index in [-0.39, 0.29) is 18.4 Å². The number of nitrogens with zero attached hydrogens (tertiary/aromatic N) is 2. The van der Waals surface area contributed by atoms with Gasteiger partial charge in [0, 0.05) is 18.8 Å². The highest BCUT2D eigenvalue weighted by atomic mass is 16.2. The number of carbonyl (C=O) groups excluding carboxylic acids is 3. The second-order valence-corrected chi connectivity index (χ2v) is 5.73. The Balaban J connectivity index is 1.44. The van der Waals surface area contributed by atoms with Crippen molar-refractivity contribution in [2.75, 3.05) is 18.4 Å². The molecule has 7 nitrogen and oxygen atoms in total. The summed E-state index contributed by atoms with van der Waals surface area (Å²) in [5, 5.41) is 14.1. The first kappa shape index (κ1) is 17.2. The maximum atomic E-state index is 12.2. The molecule has 0 saturated heterocycles. The molecule has 26 heavy (non-hydrogen) atoms. The van der Waals surface area contributed by atoms with Crippen molar-refractivity contribution < 1.29 is 14.4 Å². The van der Waals surface area contributed by atoms with Gasteiger partial charge in [0.1, 0.15) is 0 Å². The summed E-state index contributed by atoms with van der Waals surface area (Å²) in [5.74, 6) is -0.597. The highest BCUT2D eigenvalue weighted by Gasteiger charge is 2.34. The van der Waals surface area contributed by atoms with Crippen molar-refractivity contribution in [2.45, 2.75) is 6.42 Å². The van der Waals surface area contributed by atoms with Gasteiger partial charge in [-0.2, -0.15) is 5.26 Å². The summed E-state index contributed by atoms with van der Waals surface area (Å²) in [5.41, 5.74) is 1.92. The Hall–Kier alpha value is -3.66. The van der Waals surface area contributed by atoms with Crippen molar-refractivity contribution >= 4 is 23.5 Å². The predicted molar refractivity (Wildman–Crippen MR) is 94.6 cm³/mol. The molecule has 1 aliphatic rings. The molecule has 0 unspecified atom stereocenters. The fourth-order valence-corrected chi connectivity index (χ4v) is 2.68. The normalized spacial score (nSPS) is 12.5. The van der Waals surface area contributed by atoms with Crippen LogP contribution >= 0.6 is 0 Å². The lowest BCUT2D eigenvalue weighted by Gasteiger charge is -2.14. The van der Waals surface area contributed by atoms with E-state index >= 15 is 0 Å². The lowest BCUT2D eigenvalue weighted by molar-refractivity contribution is 0.0653. The van der Waals surface area contributed by atoms with E-state index in [1.54, 1.807) is 48.5 Å². The Morgan fingerprint density at radius 2 is 1.62 bits per heavy atom. The molecule has 7 heteroatoms. The summed E-state index contributed by atoms with van der Waals surface area (Å²) in [4.78, 5) is 37.5. The first-order valence-corrected chi connectivity index (χ1v) is 8.10. The molecule has 0 bridgehead atoms. The van der Waals surface area contributed by atoms with E-state index in [2.05, 4.69) is 10.6 Å². The SMILES string of the molecule is N#Cc1ccc(NC(=O)NCCCN2C(=O)c3ccccc3C2=O)cc1. The number of hydrogen-bond donors (Lipinski definition) is 2. The fraction of sp³-hybridized carbons (Fsp3) is 0.158. The summed E-state index contributed by atoms with van der Waals surface area (Å²) in [6.45, 7) is 0.555. The van der Waals surface area contributed by atoms with Gasteiger partial charge in [-0.15, -0.1) is 0 Å². The van der Waals surface area contributed by atoms with Gasteiger partial charge in [-0.05, 0) is 42.8 Å². The number of carbonyl (C=O) groups is 3. The number of urea groups is 1. The van der Waals surface area contributed by atoms with Gasteiger partial charge in [-0.1, -0.05) is 12.1 Å². The van der Waals surface area contributed by atoms with Gasteiger partial charge in [0.25, 0.3) is 11.8 Å². The van der Waals surface area contributed by atoms with Crippen LogP contribution in [0.15, 0.2) is 48.5 Å². The molecule has 3 rings (SSSR count). The molecule has 4 amide bonds. The van der Waals surface area contributed by atoms with E-state index in [0.29, 0.717) is 35.3 Å². The van der Waals surface area contributed by atoms with Gasteiger partial charge in [-0.3, -0.25) is 14.5 Å². The number of imide groups is 1. The van der Waals surface area contributed by atoms with Crippen LogP contribution in [0.5, 0.6) is 0 Å². The molecule has 0 aromatic heterocycles. The predicted octanol–water partition coefficient (Wildman–Crippen LogP) is 2.37. The molecule has 0 saturated carbocycles. The fourth-order valence-electron chi connectivity index (χ4n) is 2.68. The van der Waals surface area contributed by atoms with E-state index in [1.807, 2.05) is 6.07 Å². The smallest absolute Gasteiger partial charge is 0.319 e. The summed E-state index contributed by atoms with van der Waals surface area (Å²) in [6, 6.07) is 14.8.